The van der Waals surface area contributed by atoms with Crippen molar-refractivity contribution in [3.63, 3.8) is 0 Å². The van der Waals surface area contributed by atoms with E-state index in [2.05, 4.69) is 25.3 Å². The fourth-order valence-electron chi connectivity index (χ4n) is 4.45. The number of nitrogens with zero attached hydrogens (tertiary/aromatic N) is 2. The Morgan fingerprint density at radius 1 is 0.974 bits per heavy atom. The van der Waals surface area contributed by atoms with Crippen molar-refractivity contribution in [3.05, 3.63) is 64.5 Å². The number of sulfonamides is 1. The van der Waals surface area contributed by atoms with Crippen molar-refractivity contribution in [2.75, 3.05) is 22.0 Å². The van der Waals surface area contributed by atoms with E-state index < -0.39 is 16.0 Å². The number of amides is 1. The maximum absolute atomic E-state index is 13.3. The van der Waals surface area contributed by atoms with Gasteiger partial charge in [0.25, 0.3) is 10.0 Å². The first kappa shape index (κ1) is 26.6. The van der Waals surface area contributed by atoms with Crippen molar-refractivity contribution < 1.29 is 22.7 Å². The maximum Gasteiger partial charge on any atom is 0.341 e. The molecule has 4 aromatic rings. The second-order valence-electron chi connectivity index (χ2n) is 8.98. The smallest absolute Gasteiger partial charge is 0.341 e. The number of carbonyl (C=O) groups excluding carboxylic acids is 2. The first-order chi connectivity index (χ1) is 18.7. The lowest BCUT2D eigenvalue weighted by Gasteiger charge is -2.15. The van der Waals surface area contributed by atoms with Crippen LogP contribution in [-0.2, 0) is 32.4 Å². The fourth-order valence-corrected chi connectivity index (χ4v) is 6.73. The molecular formula is C27H27N5O5S2. The monoisotopic (exact) mass is 565 g/mol. The Hall–Kier alpha value is -4.03. The molecule has 3 N–H and O–H groups in total. The molecule has 0 saturated heterocycles. The van der Waals surface area contributed by atoms with Gasteiger partial charge in [-0.3, -0.25) is 9.52 Å². The zero-order chi connectivity index (χ0) is 27.6. The number of rotatable bonds is 8. The zero-order valence-corrected chi connectivity index (χ0v) is 23.0. The van der Waals surface area contributed by atoms with Gasteiger partial charge in [0.15, 0.2) is 11.6 Å². The summed E-state index contributed by atoms with van der Waals surface area (Å²) in [6, 6.07) is 12.9. The molecule has 1 amide bonds. The normalized spacial score (nSPS) is 13.0. The van der Waals surface area contributed by atoms with E-state index in [1.54, 1.807) is 25.1 Å². The van der Waals surface area contributed by atoms with Crippen LogP contribution >= 0.6 is 11.3 Å². The molecule has 1 aliphatic carbocycles. The van der Waals surface area contributed by atoms with Gasteiger partial charge in [0, 0.05) is 17.5 Å². The number of hydrogen-bond donors (Lipinski definition) is 3. The minimum Gasteiger partial charge on any atom is -0.462 e. The number of hydrogen-bond acceptors (Lipinski definition) is 9. The molecule has 0 atom stereocenters. The average molecular weight is 566 g/mol. The minimum atomic E-state index is -4.07. The van der Waals surface area contributed by atoms with Gasteiger partial charge < -0.3 is 15.4 Å². The summed E-state index contributed by atoms with van der Waals surface area (Å²) in [5.74, 6) is -0.532. The van der Waals surface area contributed by atoms with E-state index in [4.69, 9.17) is 4.74 Å². The fraction of sp³-hybridized carbons (Fsp3) is 0.259. The van der Waals surface area contributed by atoms with Crippen LogP contribution in [0.3, 0.4) is 0 Å². The van der Waals surface area contributed by atoms with Crippen LogP contribution in [0.4, 0.5) is 22.3 Å². The third-order valence-electron chi connectivity index (χ3n) is 6.17. The molecule has 0 radical (unpaired) electrons. The summed E-state index contributed by atoms with van der Waals surface area (Å²) < 4.78 is 34.6. The predicted octanol–water partition coefficient (Wildman–Crippen LogP) is 5.25. The van der Waals surface area contributed by atoms with Crippen LogP contribution in [0, 0.1) is 0 Å². The number of aryl methyl sites for hydroxylation is 1. The lowest BCUT2D eigenvalue weighted by Crippen LogP contribution is -2.16. The third-order valence-corrected chi connectivity index (χ3v) is 8.73. The number of aromatic nitrogens is 2. The van der Waals surface area contributed by atoms with E-state index in [9.17, 15) is 18.0 Å². The van der Waals surface area contributed by atoms with Crippen LogP contribution in [-0.4, -0.2) is 36.9 Å². The van der Waals surface area contributed by atoms with E-state index in [1.807, 2.05) is 6.07 Å². The van der Waals surface area contributed by atoms with Crippen molar-refractivity contribution in [1.29, 1.82) is 0 Å². The molecule has 10 nitrogen and oxygen atoms in total. The van der Waals surface area contributed by atoms with Gasteiger partial charge in [-0.15, -0.1) is 11.3 Å². The van der Waals surface area contributed by atoms with Crippen molar-refractivity contribution in [2.24, 2.45) is 0 Å². The molecule has 0 unspecified atom stereocenters. The Morgan fingerprint density at radius 3 is 2.31 bits per heavy atom. The Bertz CT molecular complexity index is 1670. The van der Waals surface area contributed by atoms with Crippen LogP contribution in [0.2, 0.25) is 0 Å². The van der Waals surface area contributed by atoms with Gasteiger partial charge in [-0.25, -0.2) is 23.2 Å². The second kappa shape index (κ2) is 11.0. The summed E-state index contributed by atoms with van der Waals surface area (Å²) in [5, 5.41) is 6.36. The Kier molecular flexibility index (Phi) is 7.49. The molecule has 5 rings (SSSR count). The van der Waals surface area contributed by atoms with E-state index in [-0.39, 0.29) is 29.0 Å². The van der Waals surface area contributed by atoms with Crippen molar-refractivity contribution in [1.82, 2.24) is 9.97 Å². The first-order valence-electron chi connectivity index (χ1n) is 12.5. The third kappa shape index (κ3) is 5.71. The number of thiophene rings is 1. The number of ether oxygens (including phenoxy) is 1. The molecule has 0 aliphatic heterocycles. The molecule has 0 bridgehead atoms. The molecule has 2 heterocycles. The van der Waals surface area contributed by atoms with Gasteiger partial charge in [-0.2, -0.15) is 0 Å². The average Bonchev–Trinajstić information content (AvgIpc) is 3.27. The number of fused-ring (bicyclic) bond motifs is 2. The molecule has 0 saturated carbocycles. The molecule has 2 aromatic heterocycles. The van der Waals surface area contributed by atoms with Crippen molar-refractivity contribution >= 4 is 66.6 Å². The Balaban J connectivity index is 1.55. The van der Waals surface area contributed by atoms with Crippen LogP contribution in [0.25, 0.3) is 11.0 Å². The van der Waals surface area contributed by atoms with E-state index in [0.29, 0.717) is 27.3 Å². The summed E-state index contributed by atoms with van der Waals surface area (Å²) in [5.41, 5.74) is 2.97. The quantitative estimate of drug-likeness (QED) is 0.246. The summed E-state index contributed by atoms with van der Waals surface area (Å²) in [4.78, 5) is 34.6. The number of esters is 1. The summed E-state index contributed by atoms with van der Waals surface area (Å²) in [6.07, 6.45) is 3.67. The second-order valence-corrected chi connectivity index (χ2v) is 11.8. The largest absolute Gasteiger partial charge is 0.462 e. The highest BCUT2D eigenvalue weighted by atomic mass is 32.2. The molecule has 39 heavy (non-hydrogen) atoms. The van der Waals surface area contributed by atoms with Crippen molar-refractivity contribution in [3.8, 4) is 0 Å². The number of anilines is 4. The summed E-state index contributed by atoms with van der Waals surface area (Å²) in [6.45, 7) is 3.37. The van der Waals surface area contributed by atoms with Gasteiger partial charge in [0.05, 0.1) is 28.1 Å². The number of benzene rings is 2. The highest BCUT2D eigenvalue weighted by Crippen LogP contribution is 2.41. The van der Waals surface area contributed by atoms with Crippen LogP contribution < -0.4 is 15.4 Å². The molecule has 0 fully saturated rings. The summed E-state index contributed by atoms with van der Waals surface area (Å²) in [7, 11) is -4.07. The topological polar surface area (TPSA) is 139 Å². The Labute approximate surface area is 229 Å². The number of para-hydroxylation sites is 2. The van der Waals surface area contributed by atoms with Crippen LogP contribution in [0.1, 0.15) is 47.5 Å². The van der Waals surface area contributed by atoms with Gasteiger partial charge >= 0.3 is 5.97 Å². The molecule has 202 valence electrons. The van der Waals surface area contributed by atoms with Gasteiger partial charge in [0.2, 0.25) is 5.91 Å². The maximum atomic E-state index is 13.3. The standard InChI is InChI=1S/C27H27N5O5S2/c1-3-37-27(34)23-19-8-4-7-11-22(19)38-26(23)31-24-25(30-21-10-6-5-9-20(21)29-24)32-39(35,36)18-14-12-17(13-15-18)28-16(2)33/h5-6,9-10,12-15H,3-4,7-8,11H2,1-2H3,(H,28,33)(H,29,31)(H,30,32). The molecule has 0 spiro atoms. The molecule has 1 aliphatic rings. The summed E-state index contributed by atoms with van der Waals surface area (Å²) >= 11 is 1.45. The number of nitrogens with one attached hydrogen (secondary N) is 3. The highest BCUT2D eigenvalue weighted by molar-refractivity contribution is 7.92. The number of carbonyl (C=O) groups is 2. The minimum absolute atomic E-state index is 0.0131. The zero-order valence-electron chi connectivity index (χ0n) is 21.4. The van der Waals surface area contributed by atoms with E-state index in [1.165, 1.54) is 42.5 Å². The first-order valence-corrected chi connectivity index (χ1v) is 14.8. The Morgan fingerprint density at radius 2 is 1.64 bits per heavy atom. The predicted molar refractivity (Wildman–Crippen MR) is 151 cm³/mol. The van der Waals surface area contributed by atoms with Gasteiger partial charge in [-0.05, 0) is 74.6 Å². The van der Waals surface area contributed by atoms with Gasteiger partial charge in [0.1, 0.15) is 5.00 Å². The lowest BCUT2D eigenvalue weighted by atomic mass is 9.95. The van der Waals surface area contributed by atoms with Crippen LogP contribution in [0.15, 0.2) is 53.4 Å². The lowest BCUT2D eigenvalue weighted by molar-refractivity contribution is -0.114. The van der Waals surface area contributed by atoms with Gasteiger partial charge in [-0.1, -0.05) is 12.1 Å². The molecule has 12 heteroatoms. The van der Waals surface area contributed by atoms with E-state index >= 15 is 0 Å². The van der Waals surface area contributed by atoms with Crippen molar-refractivity contribution in [2.45, 2.75) is 44.4 Å². The van der Waals surface area contributed by atoms with Crippen LogP contribution in [0.5, 0.6) is 0 Å². The SMILES string of the molecule is CCOC(=O)c1c(Nc2nc3ccccc3nc2NS(=O)(=O)c2ccc(NC(C)=O)cc2)sc2c1CCCC2. The highest BCUT2D eigenvalue weighted by Gasteiger charge is 2.28. The van der Waals surface area contributed by atoms with E-state index in [0.717, 1.165) is 36.1 Å². The molecule has 2 aromatic carbocycles. The molecular weight excluding hydrogens is 538 g/mol.